The number of hydrogen-bond acceptors (Lipinski definition) is 2. The van der Waals surface area contributed by atoms with E-state index in [2.05, 4.69) is 6.07 Å². The number of benzene rings is 1. The fraction of sp³-hybridized carbons (Fsp3) is 0.417. The van der Waals surface area contributed by atoms with Crippen molar-refractivity contribution in [2.45, 2.75) is 26.3 Å². The van der Waals surface area contributed by atoms with Crippen LogP contribution in [0.2, 0.25) is 0 Å². The van der Waals surface area contributed by atoms with Crippen LogP contribution in [-0.2, 0) is 0 Å². The smallest absolute Gasteiger partial charge is 0.126 e. The van der Waals surface area contributed by atoms with Crippen molar-refractivity contribution in [2.75, 3.05) is 11.9 Å². The van der Waals surface area contributed by atoms with Crippen LogP contribution >= 0.6 is 0 Å². The molecule has 1 aromatic carbocycles. The fourth-order valence-electron chi connectivity index (χ4n) is 1.24. The summed E-state index contributed by atoms with van der Waals surface area (Å²) in [7, 11) is 1.83. The zero-order valence-corrected chi connectivity index (χ0v) is 9.50. The lowest BCUT2D eigenvalue weighted by Crippen LogP contribution is -2.39. The summed E-state index contributed by atoms with van der Waals surface area (Å²) in [5, 5.41) is 8.98. The van der Waals surface area contributed by atoms with Crippen molar-refractivity contribution >= 4 is 5.69 Å². The summed E-state index contributed by atoms with van der Waals surface area (Å²) < 4.78 is 13.1. The first-order valence-corrected chi connectivity index (χ1v) is 4.80. The summed E-state index contributed by atoms with van der Waals surface area (Å²) in [5.74, 6) is -0.220. The molecule has 0 spiro atoms. The first-order valence-electron chi connectivity index (χ1n) is 4.80. The number of nitriles is 1. The van der Waals surface area contributed by atoms with Gasteiger partial charge in [-0.1, -0.05) is 0 Å². The quantitative estimate of drug-likeness (QED) is 0.744. The van der Waals surface area contributed by atoms with E-state index in [1.54, 1.807) is 19.1 Å². The summed E-state index contributed by atoms with van der Waals surface area (Å²) in [6, 6.07) is 7.06. The minimum atomic E-state index is -0.593. The zero-order valence-electron chi connectivity index (χ0n) is 9.50. The van der Waals surface area contributed by atoms with E-state index in [1.165, 1.54) is 6.07 Å². The van der Waals surface area contributed by atoms with Crippen LogP contribution in [0.1, 0.15) is 19.4 Å². The van der Waals surface area contributed by atoms with Gasteiger partial charge in [0.15, 0.2) is 0 Å². The molecule has 1 rings (SSSR count). The van der Waals surface area contributed by atoms with Crippen molar-refractivity contribution in [3.63, 3.8) is 0 Å². The van der Waals surface area contributed by atoms with Crippen molar-refractivity contribution in [1.82, 2.24) is 0 Å². The Kier molecular flexibility index (Phi) is 2.99. The molecule has 0 atom stereocenters. The van der Waals surface area contributed by atoms with Crippen molar-refractivity contribution in [2.24, 2.45) is 0 Å². The van der Waals surface area contributed by atoms with Crippen LogP contribution in [0.4, 0.5) is 10.1 Å². The van der Waals surface area contributed by atoms with E-state index in [9.17, 15) is 4.39 Å². The zero-order chi connectivity index (χ0) is 11.6. The number of anilines is 1. The topological polar surface area (TPSA) is 27.0 Å². The first kappa shape index (κ1) is 11.5. The molecule has 0 saturated carbocycles. The summed E-state index contributed by atoms with van der Waals surface area (Å²) in [5.41, 5.74) is 0.845. The second kappa shape index (κ2) is 3.90. The average molecular weight is 206 g/mol. The minimum Gasteiger partial charge on any atom is -0.357 e. The van der Waals surface area contributed by atoms with Gasteiger partial charge in [0.1, 0.15) is 11.4 Å². The molecule has 15 heavy (non-hydrogen) atoms. The number of aryl methyl sites for hydroxylation is 1. The predicted octanol–water partition coefficient (Wildman–Crippen LogP) is 2.87. The molecule has 0 fully saturated rings. The van der Waals surface area contributed by atoms with Crippen LogP contribution in [0.5, 0.6) is 0 Å². The standard InChI is InChI=1S/C12H15FN2/c1-9-7-10(5-6-11(9)13)15(4)12(2,3)8-14/h5-7H,1-4H3. The van der Waals surface area contributed by atoms with Crippen molar-refractivity contribution < 1.29 is 4.39 Å². The van der Waals surface area contributed by atoms with Crippen LogP contribution in [0, 0.1) is 24.1 Å². The van der Waals surface area contributed by atoms with Crippen molar-refractivity contribution in [3.8, 4) is 6.07 Å². The Morgan fingerprint density at radius 3 is 2.47 bits per heavy atom. The molecule has 3 heteroatoms. The predicted molar refractivity (Wildman–Crippen MR) is 59.2 cm³/mol. The maximum atomic E-state index is 13.1. The highest BCUT2D eigenvalue weighted by molar-refractivity contribution is 5.51. The highest BCUT2D eigenvalue weighted by Gasteiger charge is 2.23. The third kappa shape index (κ3) is 2.27. The van der Waals surface area contributed by atoms with Gasteiger partial charge in [0, 0.05) is 12.7 Å². The Balaban J connectivity index is 3.08. The van der Waals surface area contributed by atoms with Gasteiger partial charge in [-0.05, 0) is 44.5 Å². The Labute approximate surface area is 89.9 Å². The average Bonchev–Trinajstić information content (AvgIpc) is 2.21. The van der Waals surface area contributed by atoms with Crippen LogP contribution in [0.15, 0.2) is 18.2 Å². The number of halogens is 1. The molecule has 0 heterocycles. The second-order valence-corrected chi connectivity index (χ2v) is 4.16. The third-order valence-corrected chi connectivity index (χ3v) is 2.64. The summed E-state index contributed by atoms with van der Waals surface area (Å²) in [4.78, 5) is 1.83. The molecule has 0 bridgehead atoms. The molecule has 0 N–H and O–H groups in total. The lowest BCUT2D eigenvalue weighted by atomic mass is 10.0. The van der Waals surface area contributed by atoms with E-state index >= 15 is 0 Å². The lowest BCUT2D eigenvalue weighted by molar-refractivity contribution is 0.606. The number of hydrogen-bond donors (Lipinski definition) is 0. The van der Waals surface area contributed by atoms with E-state index in [0.29, 0.717) is 5.56 Å². The van der Waals surface area contributed by atoms with Gasteiger partial charge in [-0.25, -0.2) is 4.39 Å². The molecule has 80 valence electrons. The minimum absolute atomic E-state index is 0.220. The molecule has 0 saturated heterocycles. The van der Waals surface area contributed by atoms with Crippen LogP contribution < -0.4 is 4.90 Å². The Bertz CT molecular complexity index is 405. The van der Waals surface area contributed by atoms with E-state index < -0.39 is 5.54 Å². The molecular formula is C12H15FN2. The molecule has 2 nitrogen and oxygen atoms in total. The van der Waals surface area contributed by atoms with E-state index in [1.807, 2.05) is 25.8 Å². The Hall–Kier alpha value is -1.56. The largest absolute Gasteiger partial charge is 0.357 e. The highest BCUT2D eigenvalue weighted by Crippen LogP contribution is 2.23. The van der Waals surface area contributed by atoms with E-state index in [0.717, 1.165) is 5.69 Å². The molecular weight excluding hydrogens is 191 g/mol. The Morgan fingerprint density at radius 2 is 2.00 bits per heavy atom. The first-order chi connectivity index (χ1) is 6.88. The normalized spacial score (nSPS) is 10.9. The lowest BCUT2D eigenvalue weighted by Gasteiger charge is -2.31. The van der Waals surface area contributed by atoms with E-state index in [-0.39, 0.29) is 5.82 Å². The summed E-state index contributed by atoms with van der Waals surface area (Å²) in [6.45, 7) is 5.36. The van der Waals surface area contributed by atoms with Crippen molar-refractivity contribution in [3.05, 3.63) is 29.6 Å². The van der Waals surface area contributed by atoms with Crippen LogP contribution in [-0.4, -0.2) is 12.6 Å². The molecule has 0 aliphatic heterocycles. The van der Waals surface area contributed by atoms with Gasteiger partial charge in [-0.15, -0.1) is 0 Å². The van der Waals surface area contributed by atoms with Gasteiger partial charge >= 0.3 is 0 Å². The molecule has 0 radical (unpaired) electrons. The molecule has 0 aliphatic carbocycles. The SMILES string of the molecule is Cc1cc(N(C)C(C)(C)C#N)ccc1F. The molecule has 0 amide bonds. The second-order valence-electron chi connectivity index (χ2n) is 4.16. The third-order valence-electron chi connectivity index (χ3n) is 2.64. The van der Waals surface area contributed by atoms with Crippen molar-refractivity contribution in [1.29, 1.82) is 5.26 Å². The van der Waals surface area contributed by atoms with Crippen LogP contribution in [0.3, 0.4) is 0 Å². The van der Waals surface area contributed by atoms with E-state index in [4.69, 9.17) is 5.26 Å². The maximum absolute atomic E-state index is 13.1. The van der Waals surface area contributed by atoms with Gasteiger partial charge < -0.3 is 4.90 Å². The number of rotatable bonds is 2. The maximum Gasteiger partial charge on any atom is 0.126 e. The molecule has 1 aromatic rings. The van der Waals surface area contributed by atoms with Gasteiger partial charge in [0.25, 0.3) is 0 Å². The summed E-state index contributed by atoms with van der Waals surface area (Å²) >= 11 is 0. The summed E-state index contributed by atoms with van der Waals surface area (Å²) in [6.07, 6.45) is 0. The van der Waals surface area contributed by atoms with Gasteiger partial charge in [-0.2, -0.15) is 5.26 Å². The highest BCUT2D eigenvalue weighted by atomic mass is 19.1. The van der Waals surface area contributed by atoms with Gasteiger partial charge in [0.05, 0.1) is 6.07 Å². The molecule has 0 unspecified atom stereocenters. The Morgan fingerprint density at radius 1 is 1.40 bits per heavy atom. The van der Waals surface area contributed by atoms with Gasteiger partial charge in [-0.3, -0.25) is 0 Å². The van der Waals surface area contributed by atoms with Gasteiger partial charge in [0.2, 0.25) is 0 Å². The van der Waals surface area contributed by atoms with Crippen LogP contribution in [0.25, 0.3) is 0 Å². The molecule has 0 aromatic heterocycles. The number of nitrogens with zero attached hydrogens (tertiary/aromatic N) is 2. The fourth-order valence-corrected chi connectivity index (χ4v) is 1.24. The molecule has 0 aliphatic rings. The monoisotopic (exact) mass is 206 g/mol.